The summed E-state index contributed by atoms with van der Waals surface area (Å²) in [6.45, 7) is 0. The average molecular weight is 299 g/mol. The van der Waals surface area contributed by atoms with Crippen LogP contribution < -0.4 is 5.32 Å². The quantitative estimate of drug-likeness (QED) is 0.788. The standard InChI is InChI=1S/C18H13N5/c1-2-6-16-15(5-1)21-17(13-7-10-19-11-8-13)23-18(22-16)14-4-3-9-20-12-14/h1-12H,(H,21,22,23). The second kappa shape index (κ2) is 5.81. The molecule has 3 aromatic rings. The van der Waals surface area contributed by atoms with Gasteiger partial charge in [0.1, 0.15) is 5.84 Å². The van der Waals surface area contributed by atoms with E-state index in [0.29, 0.717) is 5.84 Å². The van der Waals surface area contributed by atoms with Gasteiger partial charge < -0.3 is 5.32 Å². The average Bonchev–Trinajstić information content (AvgIpc) is 2.83. The molecule has 5 heteroatoms. The fourth-order valence-electron chi connectivity index (χ4n) is 2.35. The molecule has 0 amide bonds. The topological polar surface area (TPSA) is 62.5 Å². The van der Waals surface area contributed by atoms with Crippen molar-refractivity contribution in [2.45, 2.75) is 0 Å². The first-order valence-electron chi connectivity index (χ1n) is 7.24. The lowest BCUT2D eigenvalue weighted by molar-refractivity contribution is 1.30. The summed E-state index contributed by atoms with van der Waals surface area (Å²) in [5.74, 6) is 1.36. The molecule has 0 spiro atoms. The highest BCUT2D eigenvalue weighted by molar-refractivity contribution is 6.19. The van der Waals surface area contributed by atoms with Gasteiger partial charge in [-0.05, 0) is 36.4 Å². The Labute approximate surface area is 133 Å². The van der Waals surface area contributed by atoms with Crippen LogP contribution in [-0.4, -0.2) is 21.6 Å². The minimum Gasteiger partial charge on any atom is -0.338 e. The number of hydrogen-bond acceptors (Lipinski definition) is 5. The third-order valence-corrected chi connectivity index (χ3v) is 3.47. The molecule has 0 fully saturated rings. The van der Waals surface area contributed by atoms with Gasteiger partial charge in [0.05, 0.1) is 11.4 Å². The van der Waals surface area contributed by atoms with Crippen molar-refractivity contribution >= 4 is 23.0 Å². The van der Waals surface area contributed by atoms with Crippen LogP contribution in [0.1, 0.15) is 11.1 Å². The molecule has 0 aliphatic carbocycles. The maximum atomic E-state index is 4.72. The fraction of sp³-hybridized carbons (Fsp3) is 0. The molecular formula is C18H13N5. The Morgan fingerprint density at radius 3 is 2.39 bits per heavy atom. The predicted molar refractivity (Wildman–Crippen MR) is 91.3 cm³/mol. The normalized spacial score (nSPS) is 13.2. The first kappa shape index (κ1) is 13.3. The van der Waals surface area contributed by atoms with Gasteiger partial charge in [-0.2, -0.15) is 0 Å². The lowest BCUT2D eigenvalue weighted by Crippen LogP contribution is -2.15. The Hall–Kier alpha value is -3.34. The van der Waals surface area contributed by atoms with Crippen molar-refractivity contribution in [3.8, 4) is 0 Å². The molecule has 2 aromatic heterocycles. The van der Waals surface area contributed by atoms with Crippen LogP contribution in [0.3, 0.4) is 0 Å². The van der Waals surface area contributed by atoms with Crippen molar-refractivity contribution in [1.29, 1.82) is 0 Å². The second-order valence-corrected chi connectivity index (χ2v) is 5.02. The largest absolute Gasteiger partial charge is 0.338 e. The molecule has 1 N–H and O–H groups in total. The SMILES string of the molecule is c1cncc(C2=Nc3ccccc3NC(c3ccncc3)=N2)c1. The van der Waals surface area contributed by atoms with Crippen LogP contribution in [-0.2, 0) is 0 Å². The number of para-hydroxylation sites is 2. The maximum Gasteiger partial charge on any atom is 0.163 e. The minimum absolute atomic E-state index is 0.627. The molecule has 5 nitrogen and oxygen atoms in total. The van der Waals surface area contributed by atoms with Crippen molar-refractivity contribution in [2.24, 2.45) is 9.98 Å². The van der Waals surface area contributed by atoms with Gasteiger partial charge in [0.2, 0.25) is 0 Å². The van der Waals surface area contributed by atoms with Crippen LogP contribution in [0.2, 0.25) is 0 Å². The number of aliphatic imine (C=N–C) groups is 2. The van der Waals surface area contributed by atoms with E-state index in [-0.39, 0.29) is 0 Å². The number of nitrogens with zero attached hydrogens (tertiary/aromatic N) is 4. The lowest BCUT2D eigenvalue weighted by atomic mass is 10.2. The summed E-state index contributed by atoms with van der Waals surface area (Å²) >= 11 is 0. The molecule has 0 bridgehead atoms. The third kappa shape index (κ3) is 2.72. The molecule has 3 heterocycles. The highest BCUT2D eigenvalue weighted by Gasteiger charge is 2.14. The van der Waals surface area contributed by atoms with Crippen LogP contribution in [0.25, 0.3) is 0 Å². The van der Waals surface area contributed by atoms with Crippen molar-refractivity contribution in [1.82, 2.24) is 9.97 Å². The van der Waals surface area contributed by atoms with E-state index in [4.69, 9.17) is 9.98 Å². The monoisotopic (exact) mass is 299 g/mol. The molecule has 0 saturated carbocycles. The number of rotatable bonds is 2. The second-order valence-electron chi connectivity index (χ2n) is 5.02. The van der Waals surface area contributed by atoms with Crippen LogP contribution in [0.4, 0.5) is 11.4 Å². The highest BCUT2D eigenvalue weighted by Crippen LogP contribution is 2.28. The smallest absolute Gasteiger partial charge is 0.163 e. The van der Waals surface area contributed by atoms with Gasteiger partial charge in [-0.15, -0.1) is 0 Å². The summed E-state index contributed by atoms with van der Waals surface area (Å²) in [6.07, 6.45) is 7.00. The Balaban J connectivity index is 1.89. The molecular weight excluding hydrogens is 286 g/mol. The van der Waals surface area contributed by atoms with Crippen LogP contribution in [0.15, 0.2) is 83.3 Å². The Bertz CT molecular complexity index is 886. The molecule has 4 rings (SSSR count). The van der Waals surface area contributed by atoms with E-state index in [2.05, 4.69) is 15.3 Å². The van der Waals surface area contributed by atoms with E-state index < -0.39 is 0 Å². The number of pyridine rings is 2. The number of fused-ring (bicyclic) bond motifs is 1. The number of nitrogens with one attached hydrogen (secondary N) is 1. The van der Waals surface area contributed by atoms with Gasteiger partial charge >= 0.3 is 0 Å². The minimum atomic E-state index is 0.627. The predicted octanol–water partition coefficient (Wildman–Crippen LogP) is 3.43. The van der Waals surface area contributed by atoms with Crippen LogP contribution in [0.5, 0.6) is 0 Å². The third-order valence-electron chi connectivity index (χ3n) is 3.47. The molecule has 23 heavy (non-hydrogen) atoms. The van der Waals surface area contributed by atoms with Crippen LogP contribution >= 0.6 is 0 Å². The zero-order valence-corrected chi connectivity index (χ0v) is 12.2. The number of amidine groups is 2. The summed E-state index contributed by atoms with van der Waals surface area (Å²) in [5, 5.41) is 3.36. The zero-order valence-electron chi connectivity index (χ0n) is 12.2. The van der Waals surface area contributed by atoms with Crippen molar-refractivity contribution in [2.75, 3.05) is 5.32 Å². The van der Waals surface area contributed by atoms with E-state index in [1.807, 2.05) is 48.5 Å². The van der Waals surface area contributed by atoms with Gasteiger partial charge in [-0.25, -0.2) is 9.98 Å². The number of hydrogen-bond donors (Lipinski definition) is 1. The van der Waals surface area contributed by atoms with Gasteiger partial charge in [0, 0.05) is 35.9 Å². The molecule has 1 aromatic carbocycles. The van der Waals surface area contributed by atoms with Gasteiger partial charge in [0.25, 0.3) is 0 Å². The summed E-state index contributed by atoms with van der Waals surface area (Å²) in [4.78, 5) is 17.6. The van der Waals surface area contributed by atoms with E-state index in [9.17, 15) is 0 Å². The van der Waals surface area contributed by atoms with Crippen LogP contribution in [0, 0.1) is 0 Å². The summed E-state index contributed by atoms with van der Waals surface area (Å²) in [6, 6.07) is 15.5. The number of anilines is 1. The molecule has 1 aliphatic heterocycles. The molecule has 110 valence electrons. The molecule has 0 saturated heterocycles. The Morgan fingerprint density at radius 1 is 0.696 bits per heavy atom. The number of aromatic nitrogens is 2. The summed E-state index contributed by atoms with van der Waals surface area (Å²) in [7, 11) is 0. The van der Waals surface area contributed by atoms with Crippen molar-refractivity contribution in [3.63, 3.8) is 0 Å². The molecule has 0 unspecified atom stereocenters. The molecule has 0 atom stereocenters. The summed E-state index contributed by atoms with van der Waals surface area (Å²) in [5.41, 5.74) is 3.59. The Kier molecular flexibility index (Phi) is 3.37. The highest BCUT2D eigenvalue weighted by atomic mass is 15.1. The van der Waals surface area contributed by atoms with E-state index >= 15 is 0 Å². The van der Waals surface area contributed by atoms with E-state index in [0.717, 1.165) is 28.3 Å². The summed E-state index contributed by atoms with van der Waals surface area (Å²) < 4.78 is 0. The van der Waals surface area contributed by atoms with E-state index in [1.54, 1.807) is 24.8 Å². The van der Waals surface area contributed by atoms with Crippen molar-refractivity contribution in [3.05, 3.63) is 84.4 Å². The number of benzene rings is 1. The molecule has 1 aliphatic rings. The van der Waals surface area contributed by atoms with Gasteiger partial charge in [0.15, 0.2) is 5.84 Å². The first-order chi connectivity index (χ1) is 11.4. The lowest BCUT2D eigenvalue weighted by Gasteiger charge is -2.09. The zero-order chi connectivity index (χ0) is 15.5. The maximum absolute atomic E-state index is 4.72. The van der Waals surface area contributed by atoms with Gasteiger partial charge in [-0.3, -0.25) is 9.97 Å². The Morgan fingerprint density at radius 2 is 1.57 bits per heavy atom. The first-order valence-corrected chi connectivity index (χ1v) is 7.24. The molecule has 0 radical (unpaired) electrons. The van der Waals surface area contributed by atoms with Crippen molar-refractivity contribution < 1.29 is 0 Å². The van der Waals surface area contributed by atoms with E-state index in [1.165, 1.54) is 0 Å². The van der Waals surface area contributed by atoms with Gasteiger partial charge in [-0.1, -0.05) is 12.1 Å². The fourth-order valence-corrected chi connectivity index (χ4v) is 2.35.